The topological polar surface area (TPSA) is 78.8 Å². The number of hydrogen-bond acceptors (Lipinski definition) is 4. The van der Waals surface area contributed by atoms with Crippen molar-refractivity contribution in [3.05, 3.63) is 56.6 Å². The molecule has 6 nitrogen and oxygen atoms in total. The monoisotopic (exact) mass is 511 g/mol. The lowest BCUT2D eigenvalue weighted by molar-refractivity contribution is -0.131. The Kier molecular flexibility index (Phi) is 5.28. The Balaban J connectivity index is 1.89. The summed E-state index contributed by atoms with van der Waals surface area (Å²) in [4.78, 5) is 41.9. The number of benzene rings is 2. The van der Waals surface area contributed by atoms with Crippen molar-refractivity contribution in [2.75, 3.05) is 4.90 Å². The molecule has 1 aliphatic rings. The van der Waals surface area contributed by atoms with Crippen molar-refractivity contribution in [2.24, 2.45) is 10.9 Å². The van der Waals surface area contributed by atoms with E-state index in [4.69, 9.17) is 0 Å². The zero-order valence-electron chi connectivity index (χ0n) is 12.6. The Morgan fingerprint density at radius 2 is 1.84 bits per heavy atom. The second kappa shape index (κ2) is 7.44. The van der Waals surface area contributed by atoms with Crippen molar-refractivity contribution in [3.8, 4) is 0 Å². The number of carbonyl (C=O) groups excluding carboxylic acids is 3. The van der Waals surface area contributed by atoms with Crippen molar-refractivity contribution in [2.45, 2.75) is 0 Å². The average Bonchev–Trinajstić information content (AvgIpc) is 2.56. The second-order valence-electron chi connectivity index (χ2n) is 5.18. The lowest BCUT2D eigenvalue weighted by Crippen LogP contribution is -2.58. The van der Waals surface area contributed by atoms with E-state index in [2.05, 4.69) is 48.8 Å². The van der Waals surface area contributed by atoms with Gasteiger partial charge in [0.15, 0.2) is 5.92 Å². The zero-order chi connectivity index (χ0) is 18.0. The number of amides is 4. The Morgan fingerprint density at radius 3 is 2.52 bits per heavy atom. The molecule has 25 heavy (non-hydrogen) atoms. The zero-order valence-corrected chi connectivity index (χ0v) is 16.4. The number of nitrogens with one attached hydrogen (secondary N) is 1. The summed E-state index contributed by atoms with van der Waals surface area (Å²) in [5, 5.41) is 2.19. The van der Waals surface area contributed by atoms with Crippen LogP contribution in [-0.4, -0.2) is 24.1 Å². The highest BCUT2D eigenvalue weighted by atomic mass is 127. The first kappa shape index (κ1) is 17.7. The van der Waals surface area contributed by atoms with Crippen LogP contribution in [0.25, 0.3) is 0 Å². The van der Waals surface area contributed by atoms with Gasteiger partial charge in [-0.05, 0) is 65.1 Å². The summed E-state index contributed by atoms with van der Waals surface area (Å²) >= 11 is 5.44. The van der Waals surface area contributed by atoms with Gasteiger partial charge < -0.3 is 0 Å². The number of anilines is 1. The van der Waals surface area contributed by atoms with Gasteiger partial charge >= 0.3 is 6.03 Å². The quantitative estimate of drug-likeness (QED) is 0.388. The first-order valence-corrected chi connectivity index (χ1v) is 9.07. The number of aliphatic imine (C=N–C) groups is 1. The molecular weight excluding hydrogens is 501 g/mol. The van der Waals surface area contributed by atoms with E-state index in [0.717, 1.165) is 12.9 Å². The fourth-order valence-electron chi connectivity index (χ4n) is 2.27. The van der Waals surface area contributed by atoms with Crippen molar-refractivity contribution < 1.29 is 14.4 Å². The molecule has 0 saturated carbocycles. The third-order valence-corrected chi connectivity index (χ3v) is 4.67. The van der Waals surface area contributed by atoms with Crippen molar-refractivity contribution >= 4 is 74.0 Å². The second-order valence-corrected chi connectivity index (χ2v) is 7.34. The molecule has 2 aromatic carbocycles. The van der Waals surface area contributed by atoms with Crippen molar-refractivity contribution in [1.82, 2.24) is 5.32 Å². The molecule has 1 saturated heterocycles. The van der Waals surface area contributed by atoms with Gasteiger partial charge in [-0.3, -0.25) is 19.9 Å². The summed E-state index contributed by atoms with van der Waals surface area (Å²) in [5.74, 6) is -2.48. The van der Waals surface area contributed by atoms with Crippen LogP contribution in [0.5, 0.6) is 0 Å². The molecule has 126 valence electrons. The minimum absolute atomic E-state index is 0.380. The maximum atomic E-state index is 12.7. The first-order valence-electron chi connectivity index (χ1n) is 7.20. The largest absolute Gasteiger partial charge is 0.335 e. The number of halogens is 2. The predicted molar refractivity (Wildman–Crippen MR) is 106 cm³/mol. The van der Waals surface area contributed by atoms with Gasteiger partial charge in [0, 0.05) is 14.3 Å². The van der Waals surface area contributed by atoms with Crippen LogP contribution in [0.1, 0.15) is 0 Å². The lowest BCUT2D eigenvalue weighted by Gasteiger charge is -2.28. The predicted octanol–water partition coefficient (Wildman–Crippen LogP) is 3.66. The van der Waals surface area contributed by atoms with Crippen molar-refractivity contribution in [3.63, 3.8) is 0 Å². The van der Waals surface area contributed by atoms with Crippen LogP contribution in [0.15, 0.2) is 58.0 Å². The van der Waals surface area contributed by atoms with Gasteiger partial charge in [-0.15, -0.1) is 0 Å². The number of nitrogens with zero attached hydrogens (tertiary/aromatic N) is 2. The molecule has 3 rings (SSSR count). The molecule has 1 N–H and O–H groups in total. The minimum Gasteiger partial charge on any atom is -0.276 e. The Bertz CT molecular complexity index is 883. The fraction of sp³-hybridized carbons (Fsp3) is 0.0588. The normalized spacial score (nSPS) is 17.9. The molecular formula is C17H11BrIN3O3. The molecule has 1 aliphatic heterocycles. The van der Waals surface area contributed by atoms with Gasteiger partial charge in [-0.25, -0.2) is 9.69 Å². The smallest absolute Gasteiger partial charge is 0.276 e. The maximum absolute atomic E-state index is 12.7. The third-order valence-electron chi connectivity index (χ3n) is 3.47. The number of hydrogen-bond donors (Lipinski definition) is 1. The highest BCUT2D eigenvalue weighted by Crippen LogP contribution is 2.23. The molecule has 8 heteroatoms. The number of urea groups is 1. The lowest BCUT2D eigenvalue weighted by atomic mass is 10.1. The summed E-state index contributed by atoms with van der Waals surface area (Å²) in [6.45, 7) is 0. The van der Waals surface area contributed by atoms with E-state index in [9.17, 15) is 14.4 Å². The van der Waals surface area contributed by atoms with Crippen LogP contribution >= 0.6 is 38.5 Å². The summed E-state index contributed by atoms with van der Waals surface area (Å²) in [6.07, 6.45) is 1.27. The number of rotatable bonds is 3. The Morgan fingerprint density at radius 1 is 1.12 bits per heavy atom. The van der Waals surface area contributed by atoms with Crippen LogP contribution in [0.4, 0.5) is 16.2 Å². The summed E-state index contributed by atoms with van der Waals surface area (Å²) in [6, 6.07) is 13.2. The van der Waals surface area contributed by atoms with Gasteiger partial charge in [0.2, 0.25) is 5.91 Å². The van der Waals surface area contributed by atoms with Gasteiger partial charge in [-0.2, -0.15) is 0 Å². The standard InChI is InChI=1S/C17H11BrIN3O3/c18-10-4-6-13(7-5-10)22-16(24)14(15(23)21-17(22)25)9-20-12-3-1-2-11(19)8-12/h1-9,14H,(H,21,23,25)/t14-/m1/s1. The van der Waals surface area contributed by atoms with E-state index in [1.807, 2.05) is 18.2 Å². The summed E-state index contributed by atoms with van der Waals surface area (Å²) < 4.78 is 1.80. The number of barbiturate groups is 1. The average molecular weight is 512 g/mol. The molecule has 2 aromatic rings. The van der Waals surface area contributed by atoms with Gasteiger partial charge in [-0.1, -0.05) is 22.0 Å². The van der Waals surface area contributed by atoms with E-state index in [0.29, 0.717) is 11.4 Å². The molecule has 1 heterocycles. The van der Waals surface area contributed by atoms with Crippen LogP contribution in [0.3, 0.4) is 0 Å². The van der Waals surface area contributed by atoms with E-state index in [1.165, 1.54) is 6.21 Å². The van der Waals surface area contributed by atoms with Gasteiger partial charge in [0.05, 0.1) is 11.4 Å². The Hall–Kier alpha value is -2.07. The fourth-order valence-corrected chi connectivity index (χ4v) is 3.06. The molecule has 0 radical (unpaired) electrons. The summed E-state index contributed by atoms with van der Waals surface area (Å²) in [7, 11) is 0. The van der Waals surface area contributed by atoms with Crippen LogP contribution in [0.2, 0.25) is 0 Å². The molecule has 0 aromatic heterocycles. The van der Waals surface area contributed by atoms with E-state index in [1.54, 1.807) is 30.3 Å². The Labute approximate surface area is 165 Å². The van der Waals surface area contributed by atoms with E-state index >= 15 is 0 Å². The van der Waals surface area contributed by atoms with E-state index < -0.39 is 23.8 Å². The third kappa shape index (κ3) is 3.96. The number of carbonyl (C=O) groups is 3. The van der Waals surface area contributed by atoms with Crippen LogP contribution in [-0.2, 0) is 9.59 Å². The molecule has 0 spiro atoms. The summed E-state index contributed by atoms with van der Waals surface area (Å²) in [5.41, 5.74) is 1.01. The van der Waals surface area contributed by atoms with E-state index in [-0.39, 0.29) is 0 Å². The molecule has 0 unspecified atom stereocenters. The van der Waals surface area contributed by atoms with Crippen LogP contribution < -0.4 is 10.2 Å². The molecule has 1 fully saturated rings. The van der Waals surface area contributed by atoms with Crippen molar-refractivity contribution in [1.29, 1.82) is 0 Å². The highest BCUT2D eigenvalue weighted by molar-refractivity contribution is 14.1. The minimum atomic E-state index is -1.17. The van der Waals surface area contributed by atoms with Gasteiger partial charge in [0.1, 0.15) is 0 Å². The molecule has 4 amide bonds. The molecule has 0 aliphatic carbocycles. The SMILES string of the molecule is O=C1NC(=O)N(c2ccc(Br)cc2)C(=O)[C@@H]1C=Nc1cccc(I)c1. The van der Waals surface area contributed by atoms with Crippen LogP contribution in [0, 0.1) is 9.49 Å². The molecule has 1 atom stereocenters. The van der Waals surface area contributed by atoms with Gasteiger partial charge in [0.25, 0.3) is 5.91 Å². The highest BCUT2D eigenvalue weighted by Gasteiger charge is 2.40. The first-order chi connectivity index (χ1) is 12.0. The maximum Gasteiger partial charge on any atom is 0.335 e. The number of imide groups is 2. The molecule has 0 bridgehead atoms.